The Morgan fingerprint density at radius 1 is 1.44 bits per heavy atom. The molecule has 1 N–H and O–H groups in total. The molecule has 1 aromatic carbocycles. The molecule has 1 rings (SSSR count). The van der Waals surface area contributed by atoms with Gasteiger partial charge in [0.15, 0.2) is 0 Å². The summed E-state index contributed by atoms with van der Waals surface area (Å²) in [5.41, 5.74) is 0.321. The van der Waals surface area contributed by atoms with Crippen LogP contribution in [0.3, 0.4) is 0 Å². The summed E-state index contributed by atoms with van der Waals surface area (Å²) in [4.78, 5) is 13.9. The normalized spacial score (nSPS) is 10.8. The highest BCUT2D eigenvalue weighted by Crippen LogP contribution is 2.24. The van der Waals surface area contributed by atoms with Crippen LogP contribution in [0.15, 0.2) is 27.6 Å². The summed E-state index contributed by atoms with van der Waals surface area (Å²) in [7, 11) is 4.04. The predicted molar refractivity (Wildman–Crippen MR) is 70.4 cm³/mol. The molecule has 0 aliphatic rings. The fourth-order valence-corrected chi connectivity index (χ4v) is 2.87. The first-order chi connectivity index (χ1) is 7.49. The van der Waals surface area contributed by atoms with E-state index in [1.807, 2.05) is 20.2 Å². The first-order valence-electron chi connectivity index (χ1n) is 4.80. The van der Waals surface area contributed by atoms with E-state index < -0.39 is 5.97 Å². The van der Waals surface area contributed by atoms with Gasteiger partial charge in [0.2, 0.25) is 0 Å². The Labute approximate surface area is 108 Å². The summed E-state index contributed by atoms with van der Waals surface area (Å²) >= 11 is 4.97. The van der Waals surface area contributed by atoms with Crippen molar-refractivity contribution in [1.82, 2.24) is 4.90 Å². The first kappa shape index (κ1) is 13.5. The lowest BCUT2D eigenvalue weighted by Crippen LogP contribution is -2.14. The maximum Gasteiger partial charge on any atom is 0.335 e. The Morgan fingerprint density at radius 2 is 2.12 bits per heavy atom. The molecule has 0 bridgehead atoms. The largest absolute Gasteiger partial charge is 0.478 e. The minimum absolute atomic E-state index is 0.321. The zero-order chi connectivity index (χ0) is 12.1. The SMILES string of the molecule is CN(C)CCSc1cc(Br)cc(C(=O)O)c1. The van der Waals surface area contributed by atoms with Crippen molar-refractivity contribution in [3.63, 3.8) is 0 Å². The van der Waals surface area contributed by atoms with E-state index in [1.165, 1.54) is 0 Å². The number of thioether (sulfide) groups is 1. The molecular weight excluding hydrogens is 290 g/mol. The third-order valence-corrected chi connectivity index (χ3v) is 3.34. The molecule has 0 aromatic heterocycles. The monoisotopic (exact) mass is 303 g/mol. The van der Waals surface area contributed by atoms with Crippen LogP contribution in [0.2, 0.25) is 0 Å². The first-order valence-corrected chi connectivity index (χ1v) is 6.58. The second-order valence-electron chi connectivity index (χ2n) is 3.63. The van der Waals surface area contributed by atoms with Crippen molar-refractivity contribution >= 4 is 33.7 Å². The van der Waals surface area contributed by atoms with Gasteiger partial charge >= 0.3 is 5.97 Å². The zero-order valence-electron chi connectivity index (χ0n) is 9.24. The number of aromatic carboxylic acids is 1. The van der Waals surface area contributed by atoms with Crippen molar-refractivity contribution < 1.29 is 9.90 Å². The summed E-state index contributed by atoms with van der Waals surface area (Å²) in [6.45, 7) is 0.972. The molecule has 0 radical (unpaired) electrons. The van der Waals surface area contributed by atoms with E-state index in [0.717, 1.165) is 21.7 Å². The van der Waals surface area contributed by atoms with E-state index in [2.05, 4.69) is 20.8 Å². The van der Waals surface area contributed by atoms with Crippen LogP contribution in [-0.4, -0.2) is 42.4 Å². The Bertz CT molecular complexity index is 382. The number of carboxylic acids is 1. The molecule has 88 valence electrons. The van der Waals surface area contributed by atoms with Crippen LogP contribution in [0, 0.1) is 0 Å². The highest BCUT2D eigenvalue weighted by molar-refractivity contribution is 9.10. The second-order valence-corrected chi connectivity index (χ2v) is 5.72. The Hall–Kier alpha value is -0.520. The maximum absolute atomic E-state index is 10.8. The van der Waals surface area contributed by atoms with Crippen molar-refractivity contribution in [2.75, 3.05) is 26.4 Å². The van der Waals surface area contributed by atoms with Crippen molar-refractivity contribution in [3.05, 3.63) is 28.2 Å². The Morgan fingerprint density at radius 3 is 2.69 bits per heavy atom. The van der Waals surface area contributed by atoms with Crippen LogP contribution in [0.25, 0.3) is 0 Å². The summed E-state index contributed by atoms with van der Waals surface area (Å²) in [5, 5.41) is 8.91. The molecule has 1 aromatic rings. The molecule has 0 aliphatic heterocycles. The molecule has 5 heteroatoms. The lowest BCUT2D eigenvalue weighted by Gasteiger charge is -2.09. The van der Waals surface area contributed by atoms with Crippen molar-refractivity contribution in [1.29, 1.82) is 0 Å². The van der Waals surface area contributed by atoms with Gasteiger partial charge in [-0.05, 0) is 32.3 Å². The zero-order valence-corrected chi connectivity index (χ0v) is 11.6. The van der Waals surface area contributed by atoms with Gasteiger partial charge in [0.05, 0.1) is 5.56 Å². The number of hydrogen-bond donors (Lipinski definition) is 1. The van der Waals surface area contributed by atoms with Crippen LogP contribution < -0.4 is 0 Å². The standard InChI is InChI=1S/C11H14BrNO2S/c1-13(2)3-4-16-10-6-8(11(14)15)5-9(12)7-10/h5-7H,3-4H2,1-2H3,(H,14,15). The van der Waals surface area contributed by atoms with E-state index in [1.54, 1.807) is 23.9 Å². The quantitative estimate of drug-likeness (QED) is 0.849. The topological polar surface area (TPSA) is 40.5 Å². The predicted octanol–water partition coefficient (Wildman–Crippen LogP) is 2.80. The number of nitrogens with zero attached hydrogens (tertiary/aromatic N) is 1. The van der Waals surface area contributed by atoms with Crippen LogP contribution >= 0.6 is 27.7 Å². The minimum Gasteiger partial charge on any atom is -0.478 e. The van der Waals surface area contributed by atoms with Crippen LogP contribution in [0.4, 0.5) is 0 Å². The van der Waals surface area contributed by atoms with Crippen molar-refractivity contribution in [3.8, 4) is 0 Å². The number of carbonyl (C=O) groups is 1. The number of benzene rings is 1. The maximum atomic E-state index is 10.8. The fourth-order valence-electron chi connectivity index (χ4n) is 1.12. The molecule has 0 spiro atoms. The van der Waals surface area contributed by atoms with E-state index in [9.17, 15) is 4.79 Å². The molecule has 0 atom stereocenters. The average molecular weight is 304 g/mol. The summed E-state index contributed by atoms with van der Waals surface area (Å²) < 4.78 is 0.805. The number of rotatable bonds is 5. The Kier molecular flexibility index (Phi) is 5.31. The third kappa shape index (κ3) is 4.55. The average Bonchev–Trinajstić information content (AvgIpc) is 2.16. The van der Waals surface area contributed by atoms with Crippen LogP contribution in [-0.2, 0) is 0 Å². The molecule has 0 amide bonds. The molecule has 0 saturated heterocycles. The molecular formula is C11H14BrNO2S. The molecule has 0 heterocycles. The number of halogens is 1. The molecule has 0 saturated carbocycles. The van der Waals surface area contributed by atoms with E-state index in [4.69, 9.17) is 5.11 Å². The molecule has 0 fully saturated rings. The number of hydrogen-bond acceptors (Lipinski definition) is 3. The van der Waals surface area contributed by atoms with E-state index in [-0.39, 0.29) is 0 Å². The van der Waals surface area contributed by atoms with Gasteiger partial charge in [0.1, 0.15) is 0 Å². The fraction of sp³-hybridized carbons (Fsp3) is 0.364. The smallest absolute Gasteiger partial charge is 0.335 e. The van der Waals surface area contributed by atoms with Gasteiger partial charge in [-0.1, -0.05) is 15.9 Å². The van der Waals surface area contributed by atoms with Gasteiger partial charge < -0.3 is 10.0 Å². The van der Waals surface area contributed by atoms with Gasteiger partial charge in [-0.2, -0.15) is 0 Å². The van der Waals surface area contributed by atoms with Gasteiger partial charge in [-0.25, -0.2) is 4.79 Å². The molecule has 0 unspecified atom stereocenters. The Balaban J connectivity index is 2.69. The minimum atomic E-state index is -0.893. The van der Waals surface area contributed by atoms with Crippen LogP contribution in [0.1, 0.15) is 10.4 Å². The number of carboxylic acid groups (broad SMARTS) is 1. The summed E-state index contributed by atoms with van der Waals surface area (Å²) in [6, 6.07) is 5.25. The summed E-state index contributed by atoms with van der Waals surface area (Å²) in [6.07, 6.45) is 0. The van der Waals surface area contributed by atoms with E-state index in [0.29, 0.717) is 5.56 Å². The lowest BCUT2D eigenvalue weighted by molar-refractivity contribution is 0.0696. The van der Waals surface area contributed by atoms with Gasteiger partial charge in [0.25, 0.3) is 0 Å². The lowest BCUT2D eigenvalue weighted by atomic mass is 10.2. The summed E-state index contributed by atoms with van der Waals surface area (Å²) in [5.74, 6) is 0.0541. The third-order valence-electron chi connectivity index (χ3n) is 1.93. The van der Waals surface area contributed by atoms with Gasteiger partial charge in [-0.15, -0.1) is 11.8 Å². The highest BCUT2D eigenvalue weighted by Gasteiger charge is 2.06. The van der Waals surface area contributed by atoms with Gasteiger partial charge in [-0.3, -0.25) is 0 Å². The van der Waals surface area contributed by atoms with Crippen molar-refractivity contribution in [2.24, 2.45) is 0 Å². The van der Waals surface area contributed by atoms with E-state index >= 15 is 0 Å². The van der Waals surface area contributed by atoms with Crippen LogP contribution in [0.5, 0.6) is 0 Å². The highest BCUT2D eigenvalue weighted by atomic mass is 79.9. The van der Waals surface area contributed by atoms with Crippen molar-refractivity contribution in [2.45, 2.75) is 4.90 Å². The second kappa shape index (κ2) is 6.27. The molecule has 16 heavy (non-hydrogen) atoms. The molecule has 3 nitrogen and oxygen atoms in total. The molecule has 0 aliphatic carbocycles. The van der Waals surface area contributed by atoms with Gasteiger partial charge in [0, 0.05) is 21.7 Å².